The fourth-order valence-electron chi connectivity index (χ4n) is 3.61. The van der Waals surface area contributed by atoms with Crippen LogP contribution in [0.2, 0.25) is 0 Å². The zero-order valence-electron chi connectivity index (χ0n) is 22.2. The number of hydrogen-bond donors (Lipinski definition) is 3. The van der Waals surface area contributed by atoms with Gasteiger partial charge < -0.3 is 30.3 Å². The van der Waals surface area contributed by atoms with Crippen LogP contribution in [-0.4, -0.2) is 87.6 Å². The average Bonchev–Trinajstić information content (AvgIpc) is 3.33. The van der Waals surface area contributed by atoms with Crippen molar-refractivity contribution in [1.82, 2.24) is 16.0 Å². The number of carbonyl (C=O) groups excluding carboxylic acids is 3. The summed E-state index contributed by atoms with van der Waals surface area (Å²) in [6, 6.07) is 4.14. The van der Waals surface area contributed by atoms with E-state index in [1.54, 1.807) is 58.4 Å². The molecule has 0 unspecified atom stereocenters. The molecule has 0 aromatic carbocycles. The molecule has 0 atom stereocenters. The van der Waals surface area contributed by atoms with Gasteiger partial charge in [-0.3, -0.25) is 9.59 Å². The van der Waals surface area contributed by atoms with Crippen molar-refractivity contribution in [2.24, 2.45) is 0 Å². The smallest absolute Gasteiger partial charge is 0.224 e. The van der Waals surface area contributed by atoms with Gasteiger partial charge in [-0.05, 0) is 44.2 Å². The monoisotopic (exact) mass is 682 g/mol. The number of rotatable bonds is 17. The van der Waals surface area contributed by atoms with Crippen molar-refractivity contribution in [1.29, 1.82) is 0 Å². The maximum absolute atomic E-state index is 12.6. The second-order valence-corrected chi connectivity index (χ2v) is 14.6. The fraction of sp³-hybridized carbons (Fsp3) is 0.645. The van der Waals surface area contributed by atoms with Gasteiger partial charge in [0.15, 0.2) is 0 Å². The molecule has 0 spiro atoms. The van der Waals surface area contributed by atoms with Crippen LogP contribution in [0.4, 0.5) is 0 Å². The highest BCUT2D eigenvalue weighted by Crippen LogP contribution is 2.39. The van der Waals surface area contributed by atoms with Crippen LogP contribution in [-0.2, 0) is 27.2 Å². The third kappa shape index (κ3) is 19.4. The van der Waals surface area contributed by atoms with Crippen LogP contribution in [0.15, 0.2) is 12.1 Å². The van der Waals surface area contributed by atoms with Crippen LogP contribution in [0.5, 0.6) is 0 Å². The first kappa shape index (κ1) is 51.0. The van der Waals surface area contributed by atoms with Gasteiger partial charge in [-0.25, -0.2) is 0 Å². The number of aryl methyl sites for hydroxylation is 2. The van der Waals surface area contributed by atoms with Gasteiger partial charge in [0.1, 0.15) is 6.54 Å². The molecular weight excluding hydrogens is 621 g/mol. The molecule has 0 aliphatic carbocycles. The van der Waals surface area contributed by atoms with Crippen LogP contribution >= 0.6 is 44.3 Å². The quantitative estimate of drug-likeness (QED) is 0.112. The average molecular weight is 683 g/mol. The molecule has 2 aromatic heterocycles. The van der Waals surface area contributed by atoms with Crippen molar-refractivity contribution in [3.05, 3.63) is 33.0 Å². The Morgan fingerprint density at radius 3 is 1.91 bits per heavy atom. The number of likely N-dealkylation sites (N-methyl/N-ethyl adjacent to an activating group) is 1. The van der Waals surface area contributed by atoms with Crippen molar-refractivity contribution in [2.75, 3.05) is 65.4 Å². The van der Waals surface area contributed by atoms with Crippen LogP contribution in [0, 0.1) is 13.8 Å². The van der Waals surface area contributed by atoms with Crippen LogP contribution < -0.4 is 21.1 Å². The second-order valence-electron chi connectivity index (χ2n) is 9.39. The Hall–Kier alpha value is -1.57. The Kier molecular flexibility index (Phi) is 30.5. The molecule has 0 saturated carbocycles. The molecule has 0 fully saturated rings. The fourth-order valence-corrected chi connectivity index (χ4v) is 7.73. The standard InChI is InChI=1S/C25H38N4O4S4.6CH4/c1-17-12-20(15-23(31)28-8-11-35-34-10-7-26-3)25(36-17)21-13-19(18(2)37-21)14-22(30)27-6-9-29(4,5)16-24(32)33;;;;;;/h12-13,26H,6-11,14-16H2,1-5H3,(H2-,27,28,30,31,32,33);6*1H4. The molecule has 2 amide bonds. The zero-order chi connectivity index (χ0) is 27.4. The van der Waals surface area contributed by atoms with Crippen LogP contribution in [0.1, 0.15) is 65.4 Å². The Morgan fingerprint density at radius 1 is 0.814 bits per heavy atom. The molecule has 2 rings (SSSR count). The summed E-state index contributed by atoms with van der Waals surface area (Å²) >= 11 is 3.31. The normalized spacial score (nSPS) is 9.88. The zero-order valence-corrected chi connectivity index (χ0v) is 25.5. The number of carbonyl (C=O) groups is 3. The largest absolute Gasteiger partial charge is 0.544 e. The Balaban J connectivity index is -0.000000802. The lowest BCUT2D eigenvalue weighted by Crippen LogP contribution is -2.51. The predicted octanol–water partition coefficient (Wildman–Crippen LogP) is 5.65. The van der Waals surface area contributed by atoms with E-state index in [2.05, 4.69) is 28.1 Å². The van der Waals surface area contributed by atoms with Crippen molar-refractivity contribution in [3.8, 4) is 9.75 Å². The minimum Gasteiger partial charge on any atom is -0.544 e. The van der Waals surface area contributed by atoms with Crippen molar-refractivity contribution in [3.63, 3.8) is 0 Å². The first-order valence-corrected chi connectivity index (χ1v) is 16.3. The van der Waals surface area contributed by atoms with Crippen LogP contribution in [0.3, 0.4) is 0 Å². The van der Waals surface area contributed by atoms with E-state index < -0.39 is 5.97 Å². The molecule has 0 radical (unpaired) electrons. The Labute approximate surface area is 280 Å². The molecule has 43 heavy (non-hydrogen) atoms. The first-order valence-electron chi connectivity index (χ1n) is 12.1. The third-order valence-corrected chi connectivity index (χ3v) is 10.3. The second kappa shape index (κ2) is 25.7. The van der Waals surface area contributed by atoms with E-state index in [4.69, 9.17) is 0 Å². The summed E-state index contributed by atoms with van der Waals surface area (Å²) in [4.78, 5) is 40.3. The van der Waals surface area contributed by atoms with Gasteiger partial charge in [0.2, 0.25) is 11.8 Å². The minimum absolute atomic E-state index is 0. The summed E-state index contributed by atoms with van der Waals surface area (Å²) in [5, 5.41) is 19.9. The van der Waals surface area contributed by atoms with Crippen LogP contribution in [0.25, 0.3) is 9.75 Å². The lowest BCUT2D eigenvalue weighted by molar-refractivity contribution is -0.883. The summed E-state index contributed by atoms with van der Waals surface area (Å²) in [5.41, 5.74) is 1.98. The molecule has 0 saturated heterocycles. The summed E-state index contributed by atoms with van der Waals surface area (Å²) < 4.78 is 0.243. The van der Waals surface area contributed by atoms with Crippen molar-refractivity contribution >= 4 is 62.0 Å². The van der Waals surface area contributed by atoms with E-state index in [-0.39, 0.29) is 73.8 Å². The number of aliphatic carboxylic acids is 1. The molecule has 0 bridgehead atoms. The molecule has 254 valence electrons. The molecule has 12 heteroatoms. The molecule has 0 aliphatic heterocycles. The highest BCUT2D eigenvalue weighted by molar-refractivity contribution is 8.76. The van der Waals surface area contributed by atoms with E-state index in [1.807, 2.05) is 20.9 Å². The lowest BCUT2D eigenvalue weighted by Gasteiger charge is -2.30. The number of quaternary nitrogens is 1. The number of nitrogens with zero attached hydrogens (tertiary/aromatic N) is 1. The summed E-state index contributed by atoms with van der Waals surface area (Å²) in [5.74, 6) is 0.738. The highest BCUT2D eigenvalue weighted by atomic mass is 33.1. The first-order chi connectivity index (χ1) is 17.5. The number of amides is 2. The molecule has 8 nitrogen and oxygen atoms in total. The van der Waals surface area contributed by atoms with E-state index in [9.17, 15) is 19.5 Å². The number of thiophene rings is 2. The van der Waals surface area contributed by atoms with E-state index in [0.717, 1.165) is 48.7 Å². The van der Waals surface area contributed by atoms with Gasteiger partial charge in [-0.2, -0.15) is 0 Å². The van der Waals surface area contributed by atoms with Crippen molar-refractivity contribution in [2.45, 2.75) is 71.2 Å². The number of carboxylic acid groups (broad SMARTS) is 1. The number of hydrogen-bond acceptors (Lipinski definition) is 9. The maximum atomic E-state index is 12.6. The minimum atomic E-state index is -1.10. The summed E-state index contributed by atoms with van der Waals surface area (Å²) in [6.07, 6.45) is 0.602. The van der Waals surface area contributed by atoms with E-state index in [1.165, 1.54) is 0 Å². The van der Waals surface area contributed by atoms with E-state index >= 15 is 0 Å². The number of carboxylic acids is 1. The van der Waals surface area contributed by atoms with Gasteiger partial charge in [0.05, 0.1) is 46.0 Å². The molecule has 2 heterocycles. The van der Waals surface area contributed by atoms with Gasteiger partial charge >= 0.3 is 0 Å². The summed E-state index contributed by atoms with van der Waals surface area (Å²) in [6.45, 7) is 6.48. The lowest BCUT2D eigenvalue weighted by atomic mass is 10.1. The summed E-state index contributed by atoms with van der Waals surface area (Å²) in [7, 11) is 9.10. The van der Waals surface area contributed by atoms with Gasteiger partial charge in [-0.1, -0.05) is 66.1 Å². The SMILES string of the molecule is C.C.C.C.C.C.CNCCSSCCNC(=O)Cc1cc(C)sc1-c1cc(CC(=O)NCC[N+](C)(C)CC(=O)[O-])c(C)s1. The van der Waals surface area contributed by atoms with Gasteiger partial charge in [0, 0.05) is 44.1 Å². The van der Waals surface area contributed by atoms with Gasteiger partial charge in [-0.15, -0.1) is 22.7 Å². The van der Waals surface area contributed by atoms with Gasteiger partial charge in [0.25, 0.3) is 0 Å². The molecular formula is C31H62N4O4S4. The number of nitrogens with one attached hydrogen (secondary N) is 3. The Bertz CT molecular complexity index is 1050. The van der Waals surface area contributed by atoms with E-state index in [0.29, 0.717) is 26.1 Å². The van der Waals surface area contributed by atoms with Crippen molar-refractivity contribution < 1.29 is 24.0 Å². The Morgan fingerprint density at radius 2 is 1.35 bits per heavy atom. The molecule has 2 aromatic rings. The maximum Gasteiger partial charge on any atom is 0.224 e. The molecule has 0 aliphatic rings. The topological polar surface area (TPSA) is 110 Å². The third-order valence-electron chi connectivity index (χ3n) is 5.50. The predicted molar refractivity (Wildman–Crippen MR) is 197 cm³/mol. The molecule has 3 N–H and O–H groups in total. The highest BCUT2D eigenvalue weighted by Gasteiger charge is 2.19.